The molecule has 0 saturated heterocycles. The molecule has 2 aromatic rings. The molecule has 2 aromatic carbocycles. The average Bonchev–Trinajstić information content (AvgIpc) is 2.97. The smallest absolute Gasteiger partial charge is 0.283 e. The van der Waals surface area contributed by atoms with E-state index in [0.717, 1.165) is 40.0 Å². The molecule has 2 atom stereocenters. The third kappa shape index (κ3) is 19.8. The second-order valence-corrected chi connectivity index (χ2v) is 10.8. The molecule has 2 rings (SSSR count). The molecule has 0 heterocycles. The van der Waals surface area contributed by atoms with E-state index in [1.165, 1.54) is 31.2 Å². The Bertz CT molecular complexity index is 1140. The molecule has 5 heteroatoms. The van der Waals surface area contributed by atoms with Crippen molar-refractivity contribution in [2.45, 2.75) is 114 Å². The van der Waals surface area contributed by atoms with Crippen molar-refractivity contribution in [1.82, 2.24) is 0 Å². The molecule has 43 heavy (non-hydrogen) atoms. The summed E-state index contributed by atoms with van der Waals surface area (Å²) in [6, 6.07) is 13.2. The number of hydrogen-bond acceptors (Lipinski definition) is 4. The molecular weight excluding hydrogens is 553 g/mol. The highest BCUT2D eigenvalue weighted by Crippen LogP contribution is 2.29. The van der Waals surface area contributed by atoms with Gasteiger partial charge in [-0.1, -0.05) is 115 Å². The number of alkyl halides is 1. The van der Waals surface area contributed by atoms with Gasteiger partial charge in [-0.25, -0.2) is 0 Å². The highest BCUT2D eigenvalue weighted by atomic mass is 32.1. The number of Topliss-reactive ketones (excluding diaryl/α,β-unsaturated/α-hetero) is 1. The van der Waals surface area contributed by atoms with Crippen LogP contribution >= 0.6 is 12.6 Å². The molecule has 0 aliphatic carbocycles. The maximum absolute atomic E-state index is 12.8. The van der Waals surface area contributed by atoms with Crippen molar-refractivity contribution < 1.29 is 13.9 Å². The van der Waals surface area contributed by atoms with Gasteiger partial charge in [0, 0.05) is 23.4 Å². The number of aryl methyl sites for hydroxylation is 2. The third-order valence-corrected chi connectivity index (χ3v) is 6.57. The molecular formula is C38H58FNO2S. The van der Waals surface area contributed by atoms with E-state index in [1.54, 1.807) is 19.1 Å². The summed E-state index contributed by atoms with van der Waals surface area (Å²) in [6.07, 6.45) is 12.3. The van der Waals surface area contributed by atoms with Gasteiger partial charge in [-0.2, -0.15) is 4.39 Å². The van der Waals surface area contributed by atoms with Gasteiger partial charge in [0.25, 0.3) is 5.69 Å². The number of hydrogen-bond donors (Lipinski definition) is 1. The fourth-order valence-electron chi connectivity index (χ4n) is 3.40. The summed E-state index contributed by atoms with van der Waals surface area (Å²) in [4.78, 5) is 15.5. The molecule has 0 spiro atoms. The number of thiol groups is 1. The highest BCUT2D eigenvalue weighted by Gasteiger charge is 2.12. The lowest BCUT2D eigenvalue weighted by Gasteiger charge is -2.16. The van der Waals surface area contributed by atoms with Crippen molar-refractivity contribution in [2.75, 3.05) is 0 Å². The molecule has 2 unspecified atom stereocenters. The van der Waals surface area contributed by atoms with Crippen LogP contribution < -0.4 is 4.74 Å². The standard InChI is InChI=1S/C20H26FNOS.C10H12O.2C4H10/c1-6-8-16(7-2)19(13-22-15(5)14(3)4)17-9-11-18(12-10-17)23-20(21)24;1-7-4-5-10(9(3)11)8(2)6-7;2*1-3-4-2/h6,8-13,16,20,24H,3,7H2,1-2,4-5H3;4-6H,1-3H3;2*3-4H2,1-2H3/b8-6-,19-13+,22-15?;;;. The summed E-state index contributed by atoms with van der Waals surface area (Å²) in [5.41, 5.74) is 5.44. The minimum atomic E-state index is -1.62. The number of carbonyl (C=O) groups is 1. The van der Waals surface area contributed by atoms with Crippen LogP contribution in [-0.2, 0) is 0 Å². The van der Waals surface area contributed by atoms with Gasteiger partial charge in [-0.05, 0) is 82.4 Å². The summed E-state index contributed by atoms with van der Waals surface area (Å²) in [5, 5.41) is 0. The number of unbranched alkanes of at least 4 members (excludes halogenated alkanes) is 2. The van der Waals surface area contributed by atoms with Crippen LogP contribution in [0.3, 0.4) is 0 Å². The van der Waals surface area contributed by atoms with Gasteiger partial charge in [0.15, 0.2) is 5.78 Å². The van der Waals surface area contributed by atoms with Crippen molar-refractivity contribution in [2.24, 2.45) is 10.9 Å². The lowest BCUT2D eigenvalue weighted by molar-refractivity contribution is 0.101. The van der Waals surface area contributed by atoms with Gasteiger partial charge in [0.1, 0.15) is 5.75 Å². The molecule has 0 amide bonds. The van der Waals surface area contributed by atoms with Gasteiger partial charge >= 0.3 is 0 Å². The Morgan fingerprint density at radius 1 is 0.953 bits per heavy atom. The maximum atomic E-state index is 12.8. The maximum Gasteiger partial charge on any atom is 0.283 e. The monoisotopic (exact) mass is 611 g/mol. The quantitative estimate of drug-likeness (QED) is 0.0902. The predicted molar refractivity (Wildman–Crippen MR) is 193 cm³/mol. The molecule has 0 bridgehead atoms. The van der Waals surface area contributed by atoms with Gasteiger partial charge in [0.2, 0.25) is 0 Å². The Labute approximate surface area is 268 Å². The summed E-state index contributed by atoms with van der Waals surface area (Å²) in [5.74, 6) is 0.839. The van der Waals surface area contributed by atoms with E-state index in [9.17, 15) is 9.18 Å². The number of aliphatic imine (C=N–C) groups is 1. The second kappa shape index (κ2) is 25.6. The SMILES string of the molecule is C=C(C)C(C)=N/C=C(/c1ccc(OC(F)S)cc1)C(/C=C\C)CC.CC(=O)c1ccc(C)cc1C.CCCC.CCCC. The van der Waals surface area contributed by atoms with E-state index in [-0.39, 0.29) is 11.7 Å². The molecule has 0 saturated carbocycles. The number of carbonyl (C=O) groups excluding carboxylic acids is 1. The van der Waals surface area contributed by atoms with Gasteiger partial charge < -0.3 is 4.74 Å². The molecule has 0 aromatic heterocycles. The summed E-state index contributed by atoms with van der Waals surface area (Å²) < 4.78 is 17.7. The molecule has 0 radical (unpaired) electrons. The van der Waals surface area contributed by atoms with Crippen molar-refractivity contribution in [1.29, 1.82) is 0 Å². The zero-order valence-electron chi connectivity index (χ0n) is 28.8. The van der Waals surface area contributed by atoms with Crippen LogP contribution in [0.5, 0.6) is 5.75 Å². The van der Waals surface area contributed by atoms with Crippen molar-refractivity contribution in [3.63, 3.8) is 0 Å². The molecule has 240 valence electrons. The summed E-state index contributed by atoms with van der Waals surface area (Å²) in [6.45, 7) is 26.2. The first-order chi connectivity index (χ1) is 20.3. The molecule has 3 nitrogen and oxygen atoms in total. The van der Waals surface area contributed by atoms with E-state index >= 15 is 0 Å². The summed E-state index contributed by atoms with van der Waals surface area (Å²) >= 11 is 3.59. The zero-order valence-corrected chi connectivity index (χ0v) is 29.7. The number of ether oxygens (including phenoxy) is 1. The number of allylic oxidation sites excluding steroid dienone is 4. The minimum absolute atomic E-state index is 0.141. The van der Waals surface area contributed by atoms with Crippen LogP contribution in [-0.4, -0.2) is 17.2 Å². The van der Waals surface area contributed by atoms with Crippen molar-refractivity contribution in [3.8, 4) is 5.75 Å². The molecule has 0 fully saturated rings. The predicted octanol–water partition coefficient (Wildman–Crippen LogP) is 12.3. The lowest BCUT2D eigenvalue weighted by Crippen LogP contribution is -2.02. The first-order valence-electron chi connectivity index (χ1n) is 15.5. The van der Waals surface area contributed by atoms with Gasteiger partial charge in [0.05, 0.1) is 0 Å². The molecule has 0 N–H and O–H groups in total. The Kier molecular flexibility index (Phi) is 25.1. The van der Waals surface area contributed by atoms with E-state index in [2.05, 4.69) is 64.9 Å². The Hall–Kier alpha value is -2.92. The lowest BCUT2D eigenvalue weighted by atomic mass is 9.90. The fraction of sp³-hybridized carbons (Fsp3) is 0.474. The van der Waals surface area contributed by atoms with Crippen molar-refractivity contribution in [3.05, 3.63) is 95.2 Å². The van der Waals surface area contributed by atoms with Gasteiger partial charge in [-0.3, -0.25) is 9.79 Å². The summed E-state index contributed by atoms with van der Waals surface area (Å²) in [7, 11) is 0. The number of halogens is 1. The first kappa shape index (κ1) is 42.2. The zero-order chi connectivity index (χ0) is 33.4. The van der Waals surface area contributed by atoms with Gasteiger partial charge in [-0.15, -0.1) is 12.6 Å². The van der Waals surface area contributed by atoms with Crippen LogP contribution in [0.4, 0.5) is 4.39 Å². The topological polar surface area (TPSA) is 38.7 Å². The van der Waals surface area contributed by atoms with Crippen LogP contribution in [0.25, 0.3) is 5.57 Å². The molecule has 0 aliphatic heterocycles. The largest absolute Gasteiger partial charge is 0.451 e. The Morgan fingerprint density at radius 3 is 1.86 bits per heavy atom. The van der Waals surface area contributed by atoms with Crippen LogP contribution in [0.15, 0.2) is 78.0 Å². The van der Waals surface area contributed by atoms with Crippen LogP contribution in [0, 0.1) is 19.8 Å². The van der Waals surface area contributed by atoms with E-state index in [4.69, 9.17) is 4.74 Å². The Morgan fingerprint density at radius 2 is 1.49 bits per heavy atom. The number of ketones is 1. The molecule has 0 aliphatic rings. The Balaban J connectivity index is 0. The van der Waals surface area contributed by atoms with E-state index in [1.807, 2.05) is 77.2 Å². The highest BCUT2D eigenvalue weighted by molar-refractivity contribution is 7.80. The minimum Gasteiger partial charge on any atom is -0.451 e. The van der Waals surface area contributed by atoms with Crippen LogP contribution in [0.2, 0.25) is 0 Å². The third-order valence-electron chi connectivity index (χ3n) is 6.46. The number of benzene rings is 2. The normalized spacial score (nSPS) is 12.5. The van der Waals surface area contributed by atoms with Crippen LogP contribution in [0.1, 0.15) is 121 Å². The van der Waals surface area contributed by atoms with Crippen molar-refractivity contribution >= 4 is 29.7 Å². The number of nitrogens with zero attached hydrogens (tertiary/aromatic N) is 1. The first-order valence-corrected chi connectivity index (χ1v) is 16.0. The number of rotatable bonds is 11. The fourth-order valence-corrected chi connectivity index (χ4v) is 3.52. The second-order valence-electron chi connectivity index (χ2n) is 10.4. The van der Waals surface area contributed by atoms with E-state index < -0.39 is 5.69 Å². The van der Waals surface area contributed by atoms with E-state index in [0.29, 0.717) is 5.75 Å². The average molecular weight is 612 g/mol.